The zero-order chi connectivity index (χ0) is 18.1. The second kappa shape index (κ2) is 6.77. The molecule has 1 aliphatic rings. The van der Waals surface area contributed by atoms with E-state index in [4.69, 9.17) is 4.98 Å². The standard InChI is InChI=1S/C24H19BN2/c1-2-8-19(9-3-1)18-27-24-13-7-5-10-20(24)14-15-25(27)22-16-21-11-4-6-12-23(21)26-17-22/h1-17H,18H2. The van der Waals surface area contributed by atoms with Gasteiger partial charge in [0.15, 0.2) is 0 Å². The zero-order valence-electron chi connectivity index (χ0n) is 15.0. The summed E-state index contributed by atoms with van der Waals surface area (Å²) in [5.41, 5.74) is 6.09. The van der Waals surface area contributed by atoms with Crippen LogP contribution in [0, 0.1) is 0 Å². The predicted molar refractivity (Wildman–Crippen MR) is 115 cm³/mol. The van der Waals surface area contributed by atoms with Gasteiger partial charge in [-0.2, -0.15) is 0 Å². The summed E-state index contributed by atoms with van der Waals surface area (Å²) in [6.07, 6.45) is 4.25. The maximum atomic E-state index is 4.69. The molecule has 128 valence electrons. The van der Waals surface area contributed by atoms with Gasteiger partial charge in [0.05, 0.1) is 5.52 Å². The van der Waals surface area contributed by atoms with Crippen LogP contribution in [0.15, 0.2) is 97.1 Å². The lowest BCUT2D eigenvalue weighted by Crippen LogP contribution is -2.48. The molecule has 0 N–H and O–H groups in total. The van der Waals surface area contributed by atoms with Gasteiger partial charge in [0.25, 0.3) is 0 Å². The first-order valence-corrected chi connectivity index (χ1v) is 9.31. The molecule has 0 bridgehead atoms. The Balaban J connectivity index is 1.60. The van der Waals surface area contributed by atoms with Crippen LogP contribution in [-0.2, 0) is 6.54 Å². The lowest BCUT2D eigenvalue weighted by molar-refractivity contribution is 1.02. The van der Waals surface area contributed by atoms with Crippen LogP contribution in [-0.4, -0.2) is 11.8 Å². The van der Waals surface area contributed by atoms with E-state index in [0.717, 1.165) is 12.1 Å². The van der Waals surface area contributed by atoms with E-state index in [-0.39, 0.29) is 6.85 Å². The van der Waals surface area contributed by atoms with Crippen LogP contribution in [0.25, 0.3) is 17.0 Å². The highest BCUT2D eigenvalue weighted by molar-refractivity contribution is 6.82. The number of pyridine rings is 1. The molecule has 2 heterocycles. The molecule has 0 amide bonds. The Hall–Kier alpha value is -3.33. The molecule has 0 aliphatic carbocycles. The Morgan fingerprint density at radius 2 is 1.59 bits per heavy atom. The minimum absolute atomic E-state index is 0.164. The number of fused-ring (bicyclic) bond motifs is 2. The highest BCUT2D eigenvalue weighted by Gasteiger charge is 2.28. The summed E-state index contributed by atoms with van der Waals surface area (Å²) < 4.78 is 0. The van der Waals surface area contributed by atoms with Crippen LogP contribution >= 0.6 is 0 Å². The van der Waals surface area contributed by atoms with Crippen molar-refractivity contribution in [1.82, 2.24) is 4.98 Å². The Morgan fingerprint density at radius 3 is 2.52 bits per heavy atom. The SMILES string of the molecule is C1=Cc2ccccc2N(Cc2ccccc2)B1c1cnc2ccccc2c1. The molecular weight excluding hydrogens is 327 g/mol. The molecule has 27 heavy (non-hydrogen) atoms. The first-order valence-electron chi connectivity index (χ1n) is 9.31. The zero-order valence-corrected chi connectivity index (χ0v) is 15.0. The average molecular weight is 346 g/mol. The Morgan fingerprint density at radius 1 is 0.815 bits per heavy atom. The molecule has 0 saturated heterocycles. The summed E-state index contributed by atoms with van der Waals surface area (Å²) in [6.45, 7) is 1.02. The molecule has 5 rings (SSSR count). The minimum atomic E-state index is 0.164. The van der Waals surface area contributed by atoms with E-state index in [9.17, 15) is 0 Å². The van der Waals surface area contributed by atoms with Gasteiger partial charge in [-0.05, 0) is 34.1 Å². The molecular formula is C24H19BN2. The largest absolute Gasteiger partial charge is 0.403 e. The number of nitrogens with zero attached hydrogens (tertiary/aromatic N) is 2. The summed E-state index contributed by atoms with van der Waals surface area (Å²) in [5, 5.41) is 1.18. The van der Waals surface area contributed by atoms with Crippen molar-refractivity contribution in [2.75, 3.05) is 4.81 Å². The molecule has 0 radical (unpaired) electrons. The molecule has 0 saturated carbocycles. The highest BCUT2D eigenvalue weighted by atomic mass is 15.1. The van der Waals surface area contributed by atoms with Crippen LogP contribution in [0.5, 0.6) is 0 Å². The van der Waals surface area contributed by atoms with Crippen molar-refractivity contribution in [3.05, 3.63) is 108 Å². The third-order valence-electron chi connectivity index (χ3n) is 5.19. The average Bonchev–Trinajstić information content (AvgIpc) is 2.74. The van der Waals surface area contributed by atoms with E-state index in [1.165, 1.54) is 27.7 Å². The first kappa shape index (κ1) is 15.9. The fourth-order valence-electron chi connectivity index (χ4n) is 3.84. The van der Waals surface area contributed by atoms with Crippen molar-refractivity contribution >= 4 is 35.0 Å². The molecule has 4 aromatic rings. The molecule has 3 aromatic carbocycles. The van der Waals surface area contributed by atoms with Gasteiger partial charge in [0.1, 0.15) is 0 Å². The normalized spacial score (nSPS) is 13.0. The summed E-state index contributed by atoms with van der Waals surface area (Å²) in [7, 11) is 0. The lowest BCUT2D eigenvalue weighted by atomic mass is 9.52. The van der Waals surface area contributed by atoms with Crippen molar-refractivity contribution in [1.29, 1.82) is 0 Å². The van der Waals surface area contributed by atoms with Crippen LogP contribution in [0.1, 0.15) is 11.1 Å². The van der Waals surface area contributed by atoms with Crippen molar-refractivity contribution in [2.24, 2.45) is 0 Å². The van der Waals surface area contributed by atoms with E-state index in [0.29, 0.717) is 0 Å². The number of benzene rings is 3. The van der Waals surface area contributed by atoms with Gasteiger partial charge in [-0.15, -0.1) is 0 Å². The van der Waals surface area contributed by atoms with Gasteiger partial charge in [-0.1, -0.05) is 84.8 Å². The number of rotatable bonds is 3. The van der Waals surface area contributed by atoms with Crippen LogP contribution in [0.4, 0.5) is 5.69 Å². The van der Waals surface area contributed by atoms with Gasteiger partial charge in [-0.3, -0.25) is 4.98 Å². The maximum absolute atomic E-state index is 4.69. The number of hydrogen-bond donors (Lipinski definition) is 0. The van der Waals surface area contributed by atoms with E-state index in [1.807, 2.05) is 12.3 Å². The number of anilines is 1. The fourth-order valence-corrected chi connectivity index (χ4v) is 3.84. The maximum Gasteiger partial charge on any atom is 0.317 e. The van der Waals surface area contributed by atoms with E-state index in [1.54, 1.807) is 0 Å². The summed E-state index contributed by atoms with van der Waals surface area (Å²) in [4.78, 5) is 7.16. The molecule has 0 spiro atoms. The molecule has 0 atom stereocenters. The van der Waals surface area contributed by atoms with Gasteiger partial charge < -0.3 is 4.81 Å². The molecule has 0 unspecified atom stereocenters. The van der Waals surface area contributed by atoms with Crippen molar-refractivity contribution in [3.63, 3.8) is 0 Å². The van der Waals surface area contributed by atoms with E-state index < -0.39 is 0 Å². The quantitative estimate of drug-likeness (QED) is 0.500. The Bertz CT molecular complexity index is 1120. The van der Waals surface area contributed by atoms with Gasteiger partial charge in [-0.25, -0.2) is 0 Å². The highest BCUT2D eigenvalue weighted by Crippen LogP contribution is 2.29. The first-order chi connectivity index (χ1) is 13.4. The molecule has 0 fully saturated rings. The molecule has 2 nitrogen and oxygen atoms in total. The third-order valence-corrected chi connectivity index (χ3v) is 5.19. The number of aromatic nitrogens is 1. The van der Waals surface area contributed by atoms with Gasteiger partial charge >= 0.3 is 6.85 Å². The van der Waals surface area contributed by atoms with Crippen molar-refractivity contribution < 1.29 is 0 Å². The topological polar surface area (TPSA) is 16.1 Å². The Labute approximate surface area is 159 Å². The van der Waals surface area contributed by atoms with Crippen LogP contribution in [0.3, 0.4) is 0 Å². The number of hydrogen-bond acceptors (Lipinski definition) is 2. The smallest absolute Gasteiger partial charge is 0.317 e. The van der Waals surface area contributed by atoms with Crippen LogP contribution < -0.4 is 10.3 Å². The molecule has 1 aliphatic heterocycles. The second-order valence-corrected chi connectivity index (χ2v) is 6.94. The number of para-hydroxylation sites is 2. The summed E-state index contributed by atoms with van der Waals surface area (Å²) in [6, 6.07) is 29.8. The lowest BCUT2D eigenvalue weighted by Gasteiger charge is -2.34. The summed E-state index contributed by atoms with van der Waals surface area (Å²) >= 11 is 0. The minimum Gasteiger partial charge on any atom is -0.403 e. The summed E-state index contributed by atoms with van der Waals surface area (Å²) in [5.74, 6) is 2.29. The van der Waals surface area contributed by atoms with E-state index in [2.05, 4.69) is 95.7 Å². The molecule has 1 aromatic heterocycles. The fraction of sp³-hybridized carbons (Fsp3) is 0.0417. The second-order valence-electron chi connectivity index (χ2n) is 6.94. The van der Waals surface area contributed by atoms with Crippen molar-refractivity contribution in [3.8, 4) is 0 Å². The monoisotopic (exact) mass is 346 g/mol. The van der Waals surface area contributed by atoms with Gasteiger partial charge in [0.2, 0.25) is 0 Å². The van der Waals surface area contributed by atoms with Crippen LogP contribution in [0.2, 0.25) is 0 Å². The Kier molecular flexibility index (Phi) is 3.98. The van der Waals surface area contributed by atoms with Gasteiger partial charge in [0, 0.05) is 18.4 Å². The molecule has 3 heteroatoms. The van der Waals surface area contributed by atoms with Crippen molar-refractivity contribution in [2.45, 2.75) is 6.54 Å². The van der Waals surface area contributed by atoms with E-state index >= 15 is 0 Å². The third kappa shape index (κ3) is 3.02. The predicted octanol–water partition coefficient (Wildman–Crippen LogP) is 4.71.